The fourth-order valence-corrected chi connectivity index (χ4v) is 4.03. The lowest BCUT2D eigenvalue weighted by atomic mass is 10.1. The predicted octanol–water partition coefficient (Wildman–Crippen LogP) is 3.62. The van der Waals surface area contributed by atoms with Gasteiger partial charge in [-0.05, 0) is 36.4 Å². The maximum absolute atomic E-state index is 12.5. The van der Waals surface area contributed by atoms with Crippen molar-refractivity contribution < 1.29 is 13.2 Å². The van der Waals surface area contributed by atoms with Crippen molar-refractivity contribution >= 4 is 38.1 Å². The topological polar surface area (TPSA) is 106 Å². The Kier molecular flexibility index (Phi) is 5.34. The van der Waals surface area contributed by atoms with E-state index in [1.807, 2.05) is 28.3 Å². The van der Waals surface area contributed by atoms with Crippen LogP contribution in [0.2, 0.25) is 0 Å². The molecule has 0 aliphatic heterocycles. The molecule has 1 amide bonds. The third-order valence-corrected chi connectivity index (χ3v) is 5.50. The largest absolute Gasteiger partial charge is 0.306 e. The number of amides is 1. The van der Waals surface area contributed by atoms with Gasteiger partial charge < -0.3 is 4.57 Å². The average Bonchev–Trinajstić information content (AvgIpc) is 3.40. The lowest BCUT2D eigenvalue weighted by molar-refractivity contribution is 0.102. The van der Waals surface area contributed by atoms with E-state index in [2.05, 4.69) is 20.0 Å². The SMILES string of the molecule is CS(=O)(=O)Nc1ccc(-c2csc(NC(=O)c3ccc(-n4ccnc4)cc3)n2)cc1. The second-order valence-corrected chi connectivity index (χ2v) is 9.07. The van der Waals surface area contributed by atoms with Gasteiger partial charge in [-0.15, -0.1) is 11.3 Å². The number of aromatic nitrogens is 3. The van der Waals surface area contributed by atoms with Crippen molar-refractivity contribution in [3.63, 3.8) is 0 Å². The van der Waals surface area contributed by atoms with E-state index in [1.54, 1.807) is 48.9 Å². The molecule has 4 aromatic rings. The second kappa shape index (κ2) is 8.09. The highest BCUT2D eigenvalue weighted by molar-refractivity contribution is 7.92. The van der Waals surface area contributed by atoms with Crippen molar-refractivity contribution in [1.82, 2.24) is 14.5 Å². The number of hydrogen-bond acceptors (Lipinski definition) is 6. The first kappa shape index (κ1) is 19.8. The van der Waals surface area contributed by atoms with Gasteiger partial charge in [-0.25, -0.2) is 18.4 Å². The molecule has 0 atom stereocenters. The summed E-state index contributed by atoms with van der Waals surface area (Å²) in [4.78, 5) is 21.0. The summed E-state index contributed by atoms with van der Waals surface area (Å²) in [6.07, 6.45) is 6.31. The van der Waals surface area contributed by atoms with Crippen molar-refractivity contribution in [3.05, 3.63) is 78.2 Å². The fraction of sp³-hybridized carbons (Fsp3) is 0.0500. The molecule has 0 radical (unpaired) electrons. The molecule has 0 fully saturated rings. The van der Waals surface area contributed by atoms with Crippen LogP contribution >= 0.6 is 11.3 Å². The van der Waals surface area contributed by atoms with Crippen LogP contribution in [0.5, 0.6) is 0 Å². The van der Waals surface area contributed by atoms with Gasteiger partial charge >= 0.3 is 0 Å². The van der Waals surface area contributed by atoms with Crippen LogP contribution in [0.15, 0.2) is 72.6 Å². The van der Waals surface area contributed by atoms with Crippen molar-refractivity contribution in [3.8, 4) is 16.9 Å². The molecule has 0 aliphatic carbocycles. The smallest absolute Gasteiger partial charge is 0.257 e. The number of rotatable bonds is 6. The minimum atomic E-state index is -3.32. The maximum atomic E-state index is 12.5. The third-order valence-electron chi connectivity index (χ3n) is 4.14. The molecule has 0 unspecified atom stereocenters. The molecular formula is C20H17N5O3S2. The van der Waals surface area contributed by atoms with E-state index in [0.717, 1.165) is 17.5 Å². The van der Waals surface area contributed by atoms with Gasteiger partial charge in [0.1, 0.15) is 0 Å². The lowest BCUT2D eigenvalue weighted by Gasteiger charge is -2.05. The Labute approximate surface area is 177 Å². The van der Waals surface area contributed by atoms with Crippen LogP contribution in [-0.2, 0) is 10.0 Å². The summed E-state index contributed by atoms with van der Waals surface area (Å²) in [6, 6.07) is 14.0. The summed E-state index contributed by atoms with van der Waals surface area (Å²) in [5.74, 6) is -0.249. The second-order valence-electron chi connectivity index (χ2n) is 6.46. The summed E-state index contributed by atoms with van der Waals surface area (Å²) in [5, 5.41) is 5.11. The molecule has 2 N–H and O–H groups in total. The Hall–Kier alpha value is -3.50. The van der Waals surface area contributed by atoms with Gasteiger partial charge in [0.15, 0.2) is 5.13 Å². The van der Waals surface area contributed by atoms with Crippen molar-refractivity contribution in [2.24, 2.45) is 0 Å². The number of nitrogens with zero attached hydrogens (tertiary/aromatic N) is 3. The summed E-state index contributed by atoms with van der Waals surface area (Å²) < 4.78 is 26.8. The van der Waals surface area contributed by atoms with Gasteiger partial charge in [-0.1, -0.05) is 12.1 Å². The molecule has 4 rings (SSSR count). The van der Waals surface area contributed by atoms with E-state index in [-0.39, 0.29) is 5.91 Å². The Bertz CT molecular complexity index is 1260. The highest BCUT2D eigenvalue weighted by atomic mass is 32.2. The number of thiazole rings is 1. The molecule has 0 aliphatic rings. The zero-order valence-corrected chi connectivity index (χ0v) is 17.4. The maximum Gasteiger partial charge on any atom is 0.257 e. The minimum absolute atomic E-state index is 0.249. The molecule has 0 saturated carbocycles. The van der Waals surface area contributed by atoms with Gasteiger partial charge in [-0.2, -0.15) is 0 Å². The van der Waals surface area contributed by atoms with Gasteiger partial charge in [-0.3, -0.25) is 14.8 Å². The van der Waals surface area contributed by atoms with Crippen LogP contribution in [0.3, 0.4) is 0 Å². The predicted molar refractivity (Wildman–Crippen MR) is 118 cm³/mol. The standard InChI is InChI=1S/C20H17N5O3S2/c1-30(27,28)24-16-6-2-14(3-7-16)18-12-29-20(22-18)23-19(26)15-4-8-17(9-5-15)25-11-10-21-13-25/h2-13,24H,1H3,(H,22,23,26). The molecule has 152 valence electrons. The molecule has 0 spiro atoms. The summed E-state index contributed by atoms with van der Waals surface area (Å²) in [6.45, 7) is 0. The minimum Gasteiger partial charge on any atom is -0.306 e. The highest BCUT2D eigenvalue weighted by Crippen LogP contribution is 2.26. The monoisotopic (exact) mass is 439 g/mol. The molecule has 8 nitrogen and oxygen atoms in total. The quantitative estimate of drug-likeness (QED) is 0.477. The fourth-order valence-electron chi connectivity index (χ4n) is 2.75. The number of anilines is 2. The van der Waals surface area contributed by atoms with Crippen LogP contribution in [0.4, 0.5) is 10.8 Å². The van der Waals surface area contributed by atoms with Gasteiger partial charge in [0.05, 0.1) is 18.3 Å². The van der Waals surface area contributed by atoms with Crippen LogP contribution in [-0.4, -0.2) is 35.1 Å². The molecule has 10 heteroatoms. The van der Waals surface area contributed by atoms with E-state index < -0.39 is 10.0 Å². The van der Waals surface area contributed by atoms with E-state index in [9.17, 15) is 13.2 Å². The zero-order chi connectivity index (χ0) is 21.1. The number of sulfonamides is 1. The third kappa shape index (κ3) is 4.73. The van der Waals surface area contributed by atoms with Crippen molar-refractivity contribution in [2.75, 3.05) is 16.3 Å². The number of carbonyl (C=O) groups excluding carboxylic acids is 1. The number of nitrogens with one attached hydrogen (secondary N) is 2. The van der Waals surface area contributed by atoms with Crippen molar-refractivity contribution in [2.45, 2.75) is 0 Å². The number of imidazole rings is 1. The molecular weight excluding hydrogens is 422 g/mol. The van der Waals surface area contributed by atoms with Crippen LogP contribution in [0.25, 0.3) is 16.9 Å². The van der Waals surface area contributed by atoms with E-state index in [4.69, 9.17) is 0 Å². The normalized spacial score (nSPS) is 11.2. The molecule has 2 aromatic carbocycles. The Morgan fingerprint density at radius 1 is 1.07 bits per heavy atom. The molecule has 0 saturated heterocycles. The van der Waals surface area contributed by atoms with Crippen LogP contribution < -0.4 is 10.0 Å². The molecule has 2 aromatic heterocycles. The summed E-state index contributed by atoms with van der Waals surface area (Å²) in [5.41, 5.74) is 3.41. The lowest BCUT2D eigenvalue weighted by Crippen LogP contribution is -2.11. The summed E-state index contributed by atoms with van der Waals surface area (Å²) >= 11 is 1.32. The van der Waals surface area contributed by atoms with E-state index in [0.29, 0.717) is 22.1 Å². The average molecular weight is 440 g/mol. The van der Waals surface area contributed by atoms with Crippen LogP contribution in [0.1, 0.15) is 10.4 Å². The van der Waals surface area contributed by atoms with Gasteiger partial charge in [0.2, 0.25) is 10.0 Å². The first-order valence-electron chi connectivity index (χ1n) is 8.81. The highest BCUT2D eigenvalue weighted by Gasteiger charge is 2.11. The number of carbonyl (C=O) groups is 1. The van der Waals surface area contributed by atoms with Crippen LogP contribution in [0, 0.1) is 0 Å². The first-order chi connectivity index (χ1) is 14.4. The molecule has 0 bridgehead atoms. The first-order valence-corrected chi connectivity index (χ1v) is 11.6. The van der Waals surface area contributed by atoms with Crippen molar-refractivity contribution in [1.29, 1.82) is 0 Å². The molecule has 2 heterocycles. The Morgan fingerprint density at radius 2 is 1.80 bits per heavy atom. The molecule has 30 heavy (non-hydrogen) atoms. The Balaban J connectivity index is 1.43. The zero-order valence-electron chi connectivity index (χ0n) is 15.8. The summed E-state index contributed by atoms with van der Waals surface area (Å²) in [7, 11) is -3.32. The number of hydrogen-bond donors (Lipinski definition) is 2. The van der Waals surface area contributed by atoms with Gasteiger partial charge in [0.25, 0.3) is 5.91 Å². The number of benzene rings is 2. The van der Waals surface area contributed by atoms with E-state index in [1.165, 1.54) is 11.3 Å². The van der Waals surface area contributed by atoms with Gasteiger partial charge in [0, 0.05) is 40.3 Å². The Morgan fingerprint density at radius 3 is 2.43 bits per heavy atom. The van der Waals surface area contributed by atoms with E-state index >= 15 is 0 Å².